The maximum Gasteiger partial charge on any atom is 0.253 e. The monoisotopic (exact) mass is 291 g/mol. The lowest BCUT2D eigenvalue weighted by Crippen LogP contribution is -2.42. The van der Waals surface area contributed by atoms with Gasteiger partial charge in [0.25, 0.3) is 5.91 Å². The van der Waals surface area contributed by atoms with Crippen molar-refractivity contribution in [3.8, 4) is 0 Å². The van der Waals surface area contributed by atoms with Crippen LogP contribution >= 0.6 is 23.2 Å². The van der Waals surface area contributed by atoms with E-state index in [4.69, 9.17) is 33.7 Å². The number of nitrogens with two attached hydrogens (primary N) is 1. The van der Waals surface area contributed by atoms with Crippen molar-refractivity contribution in [2.45, 2.75) is 12.1 Å². The van der Waals surface area contributed by atoms with Gasteiger partial charge in [-0.05, 0) is 6.07 Å². The van der Waals surface area contributed by atoms with Crippen molar-refractivity contribution in [2.75, 3.05) is 18.9 Å². The molecule has 18 heavy (non-hydrogen) atoms. The first-order valence-corrected chi connectivity index (χ1v) is 5.93. The highest BCUT2D eigenvalue weighted by Gasteiger charge is 2.28. The summed E-state index contributed by atoms with van der Waals surface area (Å²) >= 11 is 11.4. The zero-order valence-corrected chi connectivity index (χ0v) is 10.7. The van der Waals surface area contributed by atoms with Gasteiger partial charge in [0, 0.05) is 0 Å². The van der Waals surface area contributed by atoms with Crippen molar-refractivity contribution >= 4 is 34.8 Å². The molecule has 98 valence electrons. The Morgan fingerprint density at radius 2 is 2.28 bits per heavy atom. The van der Waals surface area contributed by atoms with E-state index in [0.29, 0.717) is 0 Å². The van der Waals surface area contributed by atoms with Gasteiger partial charge in [0.15, 0.2) is 5.15 Å². The molecule has 0 spiro atoms. The fourth-order valence-corrected chi connectivity index (χ4v) is 2.04. The van der Waals surface area contributed by atoms with Gasteiger partial charge in [0.1, 0.15) is 5.15 Å². The van der Waals surface area contributed by atoms with Crippen LogP contribution in [-0.4, -0.2) is 41.4 Å². The molecule has 1 aliphatic heterocycles. The van der Waals surface area contributed by atoms with E-state index >= 15 is 0 Å². The van der Waals surface area contributed by atoms with Crippen LogP contribution in [0.4, 0.5) is 5.69 Å². The highest BCUT2D eigenvalue weighted by atomic mass is 35.5. The SMILES string of the molecule is Nc1c(C(=O)NC2COC[C@H]2O)cc(Cl)nc1Cl. The number of ether oxygens (including phenoxy) is 1. The predicted molar refractivity (Wildman–Crippen MR) is 66.7 cm³/mol. The summed E-state index contributed by atoms with van der Waals surface area (Å²) in [6, 6.07) is 0.850. The Labute approximate surface area is 113 Å². The molecule has 1 fully saturated rings. The Morgan fingerprint density at radius 3 is 2.89 bits per heavy atom. The van der Waals surface area contributed by atoms with Gasteiger partial charge in [-0.3, -0.25) is 4.79 Å². The number of nitrogens with one attached hydrogen (secondary N) is 1. The topological polar surface area (TPSA) is 97.5 Å². The number of amides is 1. The number of aliphatic hydroxyl groups excluding tert-OH is 1. The van der Waals surface area contributed by atoms with Crippen LogP contribution < -0.4 is 11.1 Å². The first-order chi connectivity index (χ1) is 8.49. The van der Waals surface area contributed by atoms with Crippen molar-refractivity contribution in [2.24, 2.45) is 0 Å². The number of anilines is 1. The van der Waals surface area contributed by atoms with Gasteiger partial charge in [-0.1, -0.05) is 23.2 Å². The molecule has 6 nitrogen and oxygen atoms in total. The molecule has 1 saturated heterocycles. The second-order valence-electron chi connectivity index (χ2n) is 3.88. The molecule has 1 aromatic rings. The summed E-state index contributed by atoms with van der Waals surface area (Å²) in [5.41, 5.74) is 5.83. The summed E-state index contributed by atoms with van der Waals surface area (Å²) in [5, 5.41) is 12.2. The normalized spacial score (nSPS) is 23.1. The summed E-state index contributed by atoms with van der Waals surface area (Å²) in [4.78, 5) is 15.7. The molecular weight excluding hydrogens is 281 g/mol. The van der Waals surface area contributed by atoms with Crippen LogP contribution in [0.15, 0.2) is 6.07 Å². The Bertz CT molecular complexity index is 484. The molecule has 1 aromatic heterocycles. The Hall–Kier alpha value is -1.08. The summed E-state index contributed by atoms with van der Waals surface area (Å²) in [6.07, 6.45) is -0.733. The number of carbonyl (C=O) groups is 1. The largest absolute Gasteiger partial charge is 0.396 e. The molecule has 0 aromatic carbocycles. The lowest BCUT2D eigenvalue weighted by molar-refractivity contribution is 0.0887. The van der Waals surface area contributed by atoms with E-state index in [1.807, 2.05) is 0 Å². The average Bonchev–Trinajstić information content (AvgIpc) is 2.69. The van der Waals surface area contributed by atoms with Crippen molar-refractivity contribution in [1.29, 1.82) is 0 Å². The maximum atomic E-state index is 12.0. The van der Waals surface area contributed by atoms with Crippen LogP contribution in [0.1, 0.15) is 10.4 Å². The molecule has 2 heterocycles. The van der Waals surface area contributed by atoms with Crippen LogP contribution in [0.25, 0.3) is 0 Å². The number of hydrogen-bond acceptors (Lipinski definition) is 5. The molecule has 0 bridgehead atoms. The van der Waals surface area contributed by atoms with Crippen molar-refractivity contribution in [1.82, 2.24) is 10.3 Å². The zero-order valence-electron chi connectivity index (χ0n) is 9.19. The smallest absolute Gasteiger partial charge is 0.253 e. The summed E-state index contributed by atoms with van der Waals surface area (Å²) in [5.74, 6) is -0.478. The predicted octanol–water partition coefficient (Wildman–Crippen LogP) is 0.460. The van der Waals surface area contributed by atoms with E-state index in [2.05, 4.69) is 10.3 Å². The third-order valence-corrected chi connectivity index (χ3v) is 3.07. The Balaban J connectivity index is 2.18. The lowest BCUT2D eigenvalue weighted by atomic mass is 10.1. The maximum absolute atomic E-state index is 12.0. The molecule has 0 radical (unpaired) electrons. The number of halogens is 2. The second kappa shape index (κ2) is 5.27. The van der Waals surface area contributed by atoms with Gasteiger partial charge in [-0.15, -0.1) is 0 Å². The minimum Gasteiger partial charge on any atom is -0.396 e. The van der Waals surface area contributed by atoms with Gasteiger partial charge in [0.05, 0.1) is 36.6 Å². The summed E-state index contributed by atoms with van der Waals surface area (Å²) in [6.45, 7) is 0.442. The number of hydrogen-bond donors (Lipinski definition) is 3. The number of pyridine rings is 1. The first-order valence-electron chi connectivity index (χ1n) is 5.17. The Kier molecular flexibility index (Phi) is 3.91. The fraction of sp³-hybridized carbons (Fsp3) is 0.400. The van der Waals surface area contributed by atoms with Crippen molar-refractivity contribution < 1.29 is 14.6 Å². The van der Waals surface area contributed by atoms with Crippen LogP contribution in [0.5, 0.6) is 0 Å². The molecule has 8 heteroatoms. The molecule has 4 N–H and O–H groups in total. The number of rotatable bonds is 2. The van der Waals surface area contributed by atoms with E-state index in [-0.39, 0.29) is 34.8 Å². The third kappa shape index (κ3) is 2.67. The molecule has 2 atom stereocenters. The van der Waals surface area contributed by atoms with E-state index < -0.39 is 18.1 Å². The number of nitrogens with zero attached hydrogens (tertiary/aromatic N) is 1. The standard InChI is InChI=1S/C10H11Cl2N3O3/c11-7-1-4(8(13)9(12)15-7)10(17)14-5-2-18-3-6(5)16/h1,5-6,16H,2-3,13H2,(H,14,17)/t5?,6-/m1/s1. The summed E-state index contributed by atoms with van der Waals surface area (Å²) in [7, 11) is 0. The van der Waals surface area contributed by atoms with Gasteiger partial charge in [0.2, 0.25) is 0 Å². The van der Waals surface area contributed by atoms with Gasteiger partial charge in [-0.2, -0.15) is 0 Å². The van der Waals surface area contributed by atoms with Gasteiger partial charge >= 0.3 is 0 Å². The van der Waals surface area contributed by atoms with Crippen molar-refractivity contribution in [3.05, 3.63) is 21.9 Å². The van der Waals surface area contributed by atoms with Crippen LogP contribution in [0, 0.1) is 0 Å². The molecular formula is C10H11Cl2N3O3. The van der Waals surface area contributed by atoms with Crippen LogP contribution in [0.3, 0.4) is 0 Å². The molecule has 0 aliphatic carbocycles. The quantitative estimate of drug-likeness (QED) is 0.688. The number of aliphatic hydroxyl groups is 1. The minimum absolute atomic E-state index is 0.0316. The molecule has 0 saturated carbocycles. The van der Waals surface area contributed by atoms with Crippen molar-refractivity contribution in [3.63, 3.8) is 0 Å². The van der Waals surface area contributed by atoms with E-state index in [0.717, 1.165) is 0 Å². The second-order valence-corrected chi connectivity index (χ2v) is 4.63. The van der Waals surface area contributed by atoms with E-state index in [1.54, 1.807) is 0 Å². The van der Waals surface area contributed by atoms with Crippen LogP contribution in [-0.2, 0) is 4.74 Å². The van der Waals surface area contributed by atoms with E-state index in [1.165, 1.54) is 6.07 Å². The first kappa shape index (κ1) is 13.4. The highest BCUT2D eigenvalue weighted by molar-refractivity contribution is 6.35. The van der Waals surface area contributed by atoms with Gasteiger partial charge < -0.3 is 20.9 Å². The number of nitrogen functional groups attached to an aromatic ring is 1. The lowest BCUT2D eigenvalue weighted by Gasteiger charge is -2.15. The molecule has 1 amide bonds. The average molecular weight is 292 g/mol. The Morgan fingerprint density at radius 1 is 1.56 bits per heavy atom. The molecule has 1 unspecified atom stereocenters. The third-order valence-electron chi connectivity index (χ3n) is 2.59. The molecule has 1 aliphatic rings. The highest BCUT2D eigenvalue weighted by Crippen LogP contribution is 2.24. The molecule has 2 rings (SSSR count). The minimum atomic E-state index is -0.733. The van der Waals surface area contributed by atoms with Crippen LogP contribution in [0.2, 0.25) is 10.3 Å². The van der Waals surface area contributed by atoms with E-state index in [9.17, 15) is 9.90 Å². The van der Waals surface area contributed by atoms with Gasteiger partial charge in [-0.25, -0.2) is 4.98 Å². The zero-order chi connectivity index (χ0) is 13.3. The number of carbonyl (C=O) groups excluding carboxylic acids is 1. The summed E-state index contributed by atoms with van der Waals surface area (Å²) < 4.78 is 5.02. The number of aromatic nitrogens is 1. The fourth-order valence-electron chi connectivity index (χ4n) is 1.61.